The van der Waals surface area contributed by atoms with Crippen LogP contribution < -0.4 is 11.1 Å². The van der Waals surface area contributed by atoms with E-state index in [1.165, 1.54) is 25.7 Å². The molecule has 0 atom stereocenters. The Kier molecular flexibility index (Phi) is 3.36. The van der Waals surface area contributed by atoms with E-state index in [2.05, 4.69) is 26.1 Å². The molecule has 2 nitrogen and oxygen atoms in total. The monoisotopic (exact) mass is 184 g/mol. The largest absolute Gasteiger partial charge is 0.324 e. The fourth-order valence-electron chi connectivity index (χ4n) is 1.58. The molecule has 1 aliphatic carbocycles. The Morgan fingerprint density at radius 2 is 2.00 bits per heavy atom. The third-order valence-corrected chi connectivity index (χ3v) is 3.39. The van der Waals surface area contributed by atoms with Gasteiger partial charge in [-0.1, -0.05) is 20.8 Å². The van der Waals surface area contributed by atoms with Gasteiger partial charge in [0.1, 0.15) is 0 Å². The van der Waals surface area contributed by atoms with Crippen molar-refractivity contribution >= 4 is 0 Å². The molecule has 1 saturated carbocycles. The van der Waals surface area contributed by atoms with Gasteiger partial charge in [-0.15, -0.1) is 0 Å². The first-order valence-electron chi connectivity index (χ1n) is 5.47. The van der Waals surface area contributed by atoms with Gasteiger partial charge < -0.3 is 11.1 Å². The van der Waals surface area contributed by atoms with Crippen molar-refractivity contribution in [2.75, 3.05) is 13.1 Å². The second kappa shape index (κ2) is 3.97. The van der Waals surface area contributed by atoms with Crippen LogP contribution in [-0.2, 0) is 0 Å². The molecule has 0 aromatic rings. The molecular weight excluding hydrogens is 160 g/mol. The number of rotatable bonds is 5. The van der Waals surface area contributed by atoms with Gasteiger partial charge in [0.15, 0.2) is 0 Å². The average molecular weight is 184 g/mol. The zero-order valence-corrected chi connectivity index (χ0v) is 9.32. The maximum atomic E-state index is 6.11. The van der Waals surface area contributed by atoms with Crippen LogP contribution in [0.25, 0.3) is 0 Å². The summed E-state index contributed by atoms with van der Waals surface area (Å²) in [6.45, 7) is 8.91. The predicted molar refractivity (Wildman–Crippen MR) is 57.7 cm³/mol. The van der Waals surface area contributed by atoms with Gasteiger partial charge >= 0.3 is 0 Å². The Morgan fingerprint density at radius 1 is 1.38 bits per heavy atom. The minimum atomic E-state index is 0.129. The minimum absolute atomic E-state index is 0.129. The van der Waals surface area contributed by atoms with Crippen LogP contribution >= 0.6 is 0 Å². The Morgan fingerprint density at radius 3 is 2.38 bits per heavy atom. The third-order valence-electron chi connectivity index (χ3n) is 3.39. The summed E-state index contributed by atoms with van der Waals surface area (Å²) in [7, 11) is 0. The molecule has 0 spiro atoms. The first-order chi connectivity index (χ1) is 5.97. The molecule has 0 amide bonds. The van der Waals surface area contributed by atoms with Crippen LogP contribution in [-0.4, -0.2) is 18.6 Å². The van der Waals surface area contributed by atoms with E-state index < -0.39 is 0 Å². The van der Waals surface area contributed by atoms with E-state index >= 15 is 0 Å². The van der Waals surface area contributed by atoms with Crippen molar-refractivity contribution in [2.45, 2.75) is 52.0 Å². The van der Waals surface area contributed by atoms with E-state index in [0.29, 0.717) is 5.41 Å². The zero-order chi connectivity index (χ0) is 9.95. The van der Waals surface area contributed by atoms with Crippen molar-refractivity contribution in [1.82, 2.24) is 5.32 Å². The normalized spacial score (nSPS) is 21.2. The molecule has 0 aromatic heterocycles. The van der Waals surface area contributed by atoms with Crippen molar-refractivity contribution < 1.29 is 0 Å². The van der Waals surface area contributed by atoms with E-state index in [9.17, 15) is 0 Å². The predicted octanol–water partition coefficient (Wildman–Crippen LogP) is 1.89. The van der Waals surface area contributed by atoms with Crippen LogP contribution in [0, 0.1) is 5.41 Å². The molecule has 0 heterocycles. The molecule has 1 rings (SSSR count). The van der Waals surface area contributed by atoms with Gasteiger partial charge in [0.05, 0.1) is 0 Å². The van der Waals surface area contributed by atoms with E-state index in [1.807, 2.05) is 0 Å². The van der Waals surface area contributed by atoms with Crippen LogP contribution in [0.4, 0.5) is 0 Å². The van der Waals surface area contributed by atoms with E-state index in [-0.39, 0.29) is 5.54 Å². The SMILES string of the molecule is CCC(C)(C)CNCC1(N)CCC1. The third kappa shape index (κ3) is 3.28. The lowest BCUT2D eigenvalue weighted by atomic mass is 9.77. The van der Waals surface area contributed by atoms with Crippen molar-refractivity contribution in [3.8, 4) is 0 Å². The smallest absolute Gasteiger partial charge is 0.0280 e. The zero-order valence-electron chi connectivity index (χ0n) is 9.32. The second-order valence-electron chi connectivity index (χ2n) is 5.34. The molecule has 1 fully saturated rings. The Balaban J connectivity index is 2.13. The highest BCUT2D eigenvalue weighted by Gasteiger charge is 2.32. The van der Waals surface area contributed by atoms with Crippen molar-refractivity contribution in [3.05, 3.63) is 0 Å². The fourth-order valence-corrected chi connectivity index (χ4v) is 1.58. The lowest BCUT2D eigenvalue weighted by Gasteiger charge is -2.39. The number of hydrogen-bond acceptors (Lipinski definition) is 2. The highest BCUT2D eigenvalue weighted by atomic mass is 15.0. The Hall–Kier alpha value is -0.0800. The summed E-state index contributed by atoms with van der Waals surface area (Å²) in [5.74, 6) is 0. The van der Waals surface area contributed by atoms with Gasteiger partial charge in [-0.25, -0.2) is 0 Å². The molecule has 3 N–H and O–H groups in total. The highest BCUT2D eigenvalue weighted by molar-refractivity contribution is 4.94. The van der Waals surface area contributed by atoms with Crippen molar-refractivity contribution in [3.63, 3.8) is 0 Å². The number of nitrogens with one attached hydrogen (secondary N) is 1. The summed E-state index contributed by atoms with van der Waals surface area (Å²) in [4.78, 5) is 0. The first-order valence-corrected chi connectivity index (χ1v) is 5.47. The van der Waals surface area contributed by atoms with Gasteiger partial charge in [0, 0.05) is 18.6 Å². The van der Waals surface area contributed by atoms with Crippen LogP contribution in [0.3, 0.4) is 0 Å². The summed E-state index contributed by atoms with van der Waals surface area (Å²) in [6.07, 6.45) is 4.94. The topological polar surface area (TPSA) is 38.0 Å². The lowest BCUT2D eigenvalue weighted by molar-refractivity contribution is 0.222. The Labute approximate surface area is 82.3 Å². The second-order valence-corrected chi connectivity index (χ2v) is 5.34. The van der Waals surface area contributed by atoms with Crippen LogP contribution in [0.15, 0.2) is 0 Å². The van der Waals surface area contributed by atoms with Crippen LogP contribution in [0.5, 0.6) is 0 Å². The van der Waals surface area contributed by atoms with Gasteiger partial charge in [0.2, 0.25) is 0 Å². The van der Waals surface area contributed by atoms with E-state index in [1.54, 1.807) is 0 Å². The fraction of sp³-hybridized carbons (Fsp3) is 1.00. The maximum absolute atomic E-state index is 6.11. The van der Waals surface area contributed by atoms with Crippen LogP contribution in [0.1, 0.15) is 46.5 Å². The number of nitrogens with two attached hydrogens (primary N) is 1. The summed E-state index contributed by atoms with van der Waals surface area (Å²) >= 11 is 0. The van der Waals surface area contributed by atoms with Crippen molar-refractivity contribution in [2.24, 2.45) is 11.1 Å². The van der Waals surface area contributed by atoms with E-state index in [4.69, 9.17) is 5.73 Å². The summed E-state index contributed by atoms with van der Waals surface area (Å²) in [5, 5.41) is 3.49. The van der Waals surface area contributed by atoms with Gasteiger partial charge in [0.25, 0.3) is 0 Å². The molecule has 0 unspecified atom stereocenters. The summed E-state index contributed by atoms with van der Waals surface area (Å²) in [6, 6.07) is 0. The molecule has 1 aliphatic rings. The molecule has 2 heteroatoms. The molecular formula is C11H24N2. The molecule has 0 aliphatic heterocycles. The highest BCUT2D eigenvalue weighted by Crippen LogP contribution is 2.28. The van der Waals surface area contributed by atoms with E-state index in [0.717, 1.165) is 13.1 Å². The summed E-state index contributed by atoms with van der Waals surface area (Å²) < 4.78 is 0. The molecule has 0 bridgehead atoms. The first kappa shape index (κ1) is 11.0. The molecule has 13 heavy (non-hydrogen) atoms. The molecule has 0 saturated heterocycles. The summed E-state index contributed by atoms with van der Waals surface area (Å²) in [5.41, 5.74) is 6.66. The average Bonchev–Trinajstić information content (AvgIpc) is 2.01. The van der Waals surface area contributed by atoms with Gasteiger partial charge in [-0.2, -0.15) is 0 Å². The van der Waals surface area contributed by atoms with Crippen molar-refractivity contribution in [1.29, 1.82) is 0 Å². The molecule has 0 aromatic carbocycles. The standard InChI is InChI=1S/C11H24N2/c1-4-10(2,3)8-13-9-11(12)6-5-7-11/h13H,4-9,12H2,1-3H3. The van der Waals surface area contributed by atoms with Gasteiger partial charge in [-0.05, 0) is 31.1 Å². The van der Waals surface area contributed by atoms with Gasteiger partial charge in [-0.3, -0.25) is 0 Å². The Bertz CT molecular complexity index is 148. The molecule has 78 valence electrons. The maximum Gasteiger partial charge on any atom is 0.0280 e. The number of hydrogen-bond donors (Lipinski definition) is 2. The van der Waals surface area contributed by atoms with Crippen LogP contribution in [0.2, 0.25) is 0 Å². The quantitative estimate of drug-likeness (QED) is 0.685. The molecule has 0 radical (unpaired) electrons. The minimum Gasteiger partial charge on any atom is -0.324 e. The lowest BCUT2D eigenvalue weighted by Crippen LogP contribution is -2.54.